The van der Waals surface area contributed by atoms with E-state index in [1.165, 1.54) is 24.3 Å². The second-order valence-electron chi connectivity index (χ2n) is 7.21. The number of hydroxylamine groups is 2. The zero-order valence-corrected chi connectivity index (χ0v) is 15.8. The maximum absolute atomic E-state index is 13.4. The minimum absolute atomic E-state index is 0.0406. The number of piperidine rings is 1. The predicted molar refractivity (Wildman–Crippen MR) is 96.7 cm³/mol. The van der Waals surface area contributed by atoms with Gasteiger partial charge in [0.15, 0.2) is 0 Å². The highest BCUT2D eigenvalue weighted by atomic mass is 19.1. The Labute approximate surface area is 162 Å². The number of nitrogens with zero attached hydrogens (tertiary/aromatic N) is 2. The molecule has 1 amide bonds. The Morgan fingerprint density at radius 3 is 2.50 bits per heavy atom. The fourth-order valence-electron chi connectivity index (χ4n) is 4.22. The van der Waals surface area contributed by atoms with Crippen LogP contribution in [0.4, 0.5) is 8.78 Å². The topological polar surface area (TPSA) is 59.1 Å². The van der Waals surface area contributed by atoms with Gasteiger partial charge in [0.25, 0.3) is 0 Å². The highest BCUT2D eigenvalue weighted by Crippen LogP contribution is 2.44. The molecule has 0 unspecified atom stereocenters. The number of carbonyl (C=O) groups excluding carboxylic acids is 2. The largest absolute Gasteiger partial charge is 0.469 e. The Hall–Kier alpha value is -2.32. The van der Waals surface area contributed by atoms with Crippen molar-refractivity contribution in [2.45, 2.75) is 31.3 Å². The van der Waals surface area contributed by atoms with E-state index < -0.39 is 29.1 Å². The molecule has 1 aromatic carbocycles. The molecule has 152 valence electrons. The zero-order valence-electron chi connectivity index (χ0n) is 15.8. The average Bonchev–Trinajstić information content (AvgIpc) is 2.92. The number of ether oxygens (including phenoxy) is 1. The summed E-state index contributed by atoms with van der Waals surface area (Å²) in [4.78, 5) is 32.5. The van der Waals surface area contributed by atoms with Crippen LogP contribution in [0.5, 0.6) is 0 Å². The molecule has 28 heavy (non-hydrogen) atoms. The van der Waals surface area contributed by atoms with Gasteiger partial charge in [-0.15, -0.1) is 6.58 Å². The number of benzene rings is 1. The van der Waals surface area contributed by atoms with Crippen molar-refractivity contribution < 1.29 is 27.9 Å². The van der Waals surface area contributed by atoms with Gasteiger partial charge in [0.05, 0.1) is 25.2 Å². The Morgan fingerprint density at radius 2 is 1.93 bits per heavy atom. The molecule has 8 heteroatoms. The summed E-state index contributed by atoms with van der Waals surface area (Å²) in [6.45, 7) is 5.24. The Kier molecular flexibility index (Phi) is 6.10. The monoisotopic (exact) mass is 394 g/mol. The fourth-order valence-corrected chi connectivity index (χ4v) is 4.22. The summed E-state index contributed by atoms with van der Waals surface area (Å²) in [5.41, 5.74) is -0.239. The molecule has 0 aliphatic carbocycles. The van der Waals surface area contributed by atoms with Crippen LogP contribution in [0.2, 0.25) is 0 Å². The van der Waals surface area contributed by atoms with Crippen LogP contribution in [0.1, 0.15) is 24.8 Å². The second kappa shape index (κ2) is 8.36. The molecule has 2 heterocycles. The van der Waals surface area contributed by atoms with E-state index in [0.29, 0.717) is 38.0 Å². The van der Waals surface area contributed by atoms with E-state index in [-0.39, 0.29) is 18.9 Å². The van der Waals surface area contributed by atoms with Crippen molar-refractivity contribution >= 4 is 11.9 Å². The number of methoxy groups -OCH3 is 1. The van der Waals surface area contributed by atoms with Gasteiger partial charge in [-0.1, -0.05) is 6.08 Å². The molecule has 2 fully saturated rings. The van der Waals surface area contributed by atoms with Crippen LogP contribution in [0.3, 0.4) is 0 Å². The summed E-state index contributed by atoms with van der Waals surface area (Å²) in [6, 6.07) is 3.46. The molecule has 2 aliphatic heterocycles. The zero-order chi connectivity index (χ0) is 20.3. The van der Waals surface area contributed by atoms with Crippen molar-refractivity contribution in [1.82, 2.24) is 9.96 Å². The lowest BCUT2D eigenvalue weighted by molar-refractivity contribution is -0.218. The third kappa shape index (κ3) is 3.93. The average molecular weight is 394 g/mol. The summed E-state index contributed by atoms with van der Waals surface area (Å²) in [5.74, 6) is -2.51. The quantitative estimate of drug-likeness (QED) is 0.548. The van der Waals surface area contributed by atoms with Gasteiger partial charge < -0.3 is 4.74 Å². The number of hydrogen-bond donors (Lipinski definition) is 0. The lowest BCUT2D eigenvalue weighted by Gasteiger charge is -2.45. The Bertz CT molecular complexity index is 742. The van der Waals surface area contributed by atoms with Crippen LogP contribution in [-0.2, 0) is 25.7 Å². The molecule has 6 nitrogen and oxygen atoms in total. The molecule has 0 bridgehead atoms. The fraction of sp³-hybridized carbons (Fsp3) is 0.500. The lowest BCUT2D eigenvalue weighted by atomic mass is 9.77. The highest BCUT2D eigenvalue weighted by molar-refractivity contribution is 5.88. The van der Waals surface area contributed by atoms with Crippen LogP contribution < -0.4 is 0 Å². The molecule has 2 saturated heterocycles. The van der Waals surface area contributed by atoms with Gasteiger partial charge in [-0.25, -0.2) is 13.8 Å². The lowest BCUT2D eigenvalue weighted by Crippen LogP contribution is -2.57. The molecule has 0 saturated carbocycles. The summed E-state index contributed by atoms with van der Waals surface area (Å²) < 4.78 is 31.8. The van der Waals surface area contributed by atoms with Gasteiger partial charge in [0.1, 0.15) is 11.6 Å². The molecule has 2 aliphatic rings. The van der Waals surface area contributed by atoms with Crippen LogP contribution >= 0.6 is 0 Å². The Morgan fingerprint density at radius 1 is 1.29 bits per heavy atom. The van der Waals surface area contributed by atoms with Crippen LogP contribution in [0, 0.1) is 17.6 Å². The summed E-state index contributed by atoms with van der Waals surface area (Å²) in [7, 11) is 1.31. The number of hydrogen-bond acceptors (Lipinski definition) is 5. The van der Waals surface area contributed by atoms with Gasteiger partial charge in [0, 0.05) is 32.1 Å². The molecular weight excluding hydrogens is 370 g/mol. The smallest absolute Gasteiger partial charge is 0.311 e. The van der Waals surface area contributed by atoms with Crippen LogP contribution in [-0.4, -0.2) is 54.2 Å². The van der Waals surface area contributed by atoms with E-state index in [1.807, 2.05) is 4.90 Å². The first-order chi connectivity index (χ1) is 13.4. The van der Waals surface area contributed by atoms with Gasteiger partial charge >= 0.3 is 5.97 Å². The maximum atomic E-state index is 13.4. The SMILES string of the molecule is C=CCON1C(=O)C[C@H](C(=O)OC)C12CCN(Cc1cc(F)cc(F)c1)CC2. The Balaban J connectivity index is 1.75. The van der Waals surface area contributed by atoms with E-state index in [4.69, 9.17) is 9.57 Å². The van der Waals surface area contributed by atoms with E-state index in [9.17, 15) is 18.4 Å². The van der Waals surface area contributed by atoms with Crippen molar-refractivity contribution in [3.05, 3.63) is 48.1 Å². The van der Waals surface area contributed by atoms with Gasteiger partial charge in [0.2, 0.25) is 5.91 Å². The van der Waals surface area contributed by atoms with E-state index in [0.717, 1.165) is 6.07 Å². The van der Waals surface area contributed by atoms with Crippen molar-refractivity contribution in [1.29, 1.82) is 0 Å². The molecule has 1 spiro atoms. The number of likely N-dealkylation sites (tertiary alicyclic amines) is 1. The van der Waals surface area contributed by atoms with Crippen LogP contribution in [0.15, 0.2) is 30.9 Å². The molecule has 1 aromatic rings. The van der Waals surface area contributed by atoms with Gasteiger partial charge in [-0.3, -0.25) is 19.3 Å². The van der Waals surface area contributed by atoms with Gasteiger partial charge in [-0.05, 0) is 30.5 Å². The molecular formula is C20H24F2N2O4. The first kappa shape index (κ1) is 20.4. The van der Waals surface area contributed by atoms with Crippen molar-refractivity contribution in [2.75, 3.05) is 26.8 Å². The predicted octanol–water partition coefficient (Wildman–Crippen LogP) is 2.44. The maximum Gasteiger partial charge on any atom is 0.311 e. The molecule has 0 aromatic heterocycles. The molecule has 0 radical (unpaired) electrons. The van der Waals surface area contributed by atoms with E-state index >= 15 is 0 Å². The molecule has 0 N–H and O–H groups in total. The van der Waals surface area contributed by atoms with E-state index in [2.05, 4.69) is 6.58 Å². The summed E-state index contributed by atoms with van der Waals surface area (Å²) >= 11 is 0. The normalized spacial score (nSPS) is 21.9. The first-order valence-electron chi connectivity index (χ1n) is 9.21. The molecule has 1 atom stereocenters. The van der Waals surface area contributed by atoms with Gasteiger partial charge in [-0.2, -0.15) is 0 Å². The van der Waals surface area contributed by atoms with Crippen LogP contribution in [0.25, 0.3) is 0 Å². The van der Waals surface area contributed by atoms with E-state index in [1.54, 1.807) is 6.08 Å². The minimum atomic E-state index is -0.781. The highest BCUT2D eigenvalue weighted by Gasteiger charge is 2.58. The number of esters is 1. The van der Waals surface area contributed by atoms with Crippen molar-refractivity contribution in [3.8, 4) is 0 Å². The van der Waals surface area contributed by atoms with Crippen molar-refractivity contribution in [2.24, 2.45) is 5.92 Å². The number of carbonyl (C=O) groups is 2. The third-order valence-corrected chi connectivity index (χ3v) is 5.52. The second-order valence-corrected chi connectivity index (χ2v) is 7.21. The first-order valence-corrected chi connectivity index (χ1v) is 9.21. The number of halogens is 2. The third-order valence-electron chi connectivity index (χ3n) is 5.52. The minimum Gasteiger partial charge on any atom is -0.469 e. The summed E-state index contributed by atoms with van der Waals surface area (Å²) in [6.07, 6.45) is 2.57. The van der Waals surface area contributed by atoms with Crippen molar-refractivity contribution in [3.63, 3.8) is 0 Å². The summed E-state index contributed by atoms with van der Waals surface area (Å²) in [5, 5.41) is 1.33. The molecule has 3 rings (SSSR count). The standard InChI is InChI=1S/C20H24F2N2O4/c1-3-8-28-24-18(25)12-17(19(26)27-2)20(24)4-6-23(7-5-20)13-14-9-15(21)11-16(22)10-14/h3,9-11,17H,1,4-8,12-13H2,2H3/t17-/m1/s1. The number of amides is 1. The number of rotatable bonds is 6.